The molecule has 0 fully saturated rings. The van der Waals surface area contributed by atoms with Gasteiger partial charge in [0.05, 0.1) is 29.5 Å². The first-order valence-corrected chi connectivity index (χ1v) is 13.4. The standard InChI is InChI=1S/C27H27Cl2FN2O5S/c1-4-15(5-2)12-37-13-16-7-6-8-18(24(16)30)22-14-38-27(31-22)32-25(33)17-9-20(28)19(21(29)10-17)11-23(36-3)26(34)35/h6-11,14-15H,4-5,12-13H2,1-3H3,(H,34,35)(H,31,32,33). The van der Waals surface area contributed by atoms with Gasteiger partial charge in [-0.1, -0.05) is 62.0 Å². The molecule has 0 saturated heterocycles. The summed E-state index contributed by atoms with van der Waals surface area (Å²) in [5.41, 5.74) is 1.44. The zero-order chi connectivity index (χ0) is 27.8. The van der Waals surface area contributed by atoms with Crippen molar-refractivity contribution in [2.45, 2.75) is 33.3 Å². The molecule has 202 valence electrons. The molecule has 2 N–H and O–H groups in total. The number of carbonyl (C=O) groups is 2. The lowest BCUT2D eigenvalue weighted by Gasteiger charge is -2.13. The van der Waals surface area contributed by atoms with Crippen LogP contribution in [0.1, 0.15) is 48.2 Å². The lowest BCUT2D eigenvalue weighted by molar-refractivity contribution is -0.135. The van der Waals surface area contributed by atoms with Crippen LogP contribution in [-0.2, 0) is 20.9 Å². The topological polar surface area (TPSA) is 97.8 Å². The van der Waals surface area contributed by atoms with E-state index in [0.29, 0.717) is 29.3 Å². The number of carboxylic acid groups (broad SMARTS) is 1. The van der Waals surface area contributed by atoms with Gasteiger partial charge >= 0.3 is 5.97 Å². The number of nitrogens with one attached hydrogen (secondary N) is 1. The van der Waals surface area contributed by atoms with Crippen molar-refractivity contribution >= 4 is 57.6 Å². The van der Waals surface area contributed by atoms with Gasteiger partial charge in [-0.2, -0.15) is 0 Å². The second-order valence-corrected chi connectivity index (χ2v) is 10.0. The molecule has 38 heavy (non-hydrogen) atoms. The Kier molecular flexibility index (Phi) is 10.7. The van der Waals surface area contributed by atoms with Gasteiger partial charge in [0.15, 0.2) is 5.13 Å². The van der Waals surface area contributed by atoms with Crippen molar-refractivity contribution in [2.75, 3.05) is 19.0 Å². The van der Waals surface area contributed by atoms with E-state index in [1.54, 1.807) is 23.6 Å². The van der Waals surface area contributed by atoms with Crippen molar-refractivity contribution in [2.24, 2.45) is 5.92 Å². The Bertz CT molecular complexity index is 1320. The predicted molar refractivity (Wildman–Crippen MR) is 148 cm³/mol. The maximum Gasteiger partial charge on any atom is 0.371 e. The summed E-state index contributed by atoms with van der Waals surface area (Å²) in [5, 5.41) is 13.8. The van der Waals surface area contributed by atoms with E-state index >= 15 is 4.39 Å². The molecule has 0 aliphatic carbocycles. The van der Waals surface area contributed by atoms with Crippen LogP contribution in [-0.4, -0.2) is 35.7 Å². The fourth-order valence-electron chi connectivity index (χ4n) is 3.57. The van der Waals surface area contributed by atoms with Gasteiger partial charge in [-0.25, -0.2) is 14.2 Å². The Labute approximate surface area is 234 Å². The summed E-state index contributed by atoms with van der Waals surface area (Å²) < 4.78 is 25.7. The van der Waals surface area contributed by atoms with Gasteiger partial charge in [-0.15, -0.1) is 11.3 Å². The van der Waals surface area contributed by atoms with Crippen LogP contribution < -0.4 is 5.32 Å². The highest BCUT2D eigenvalue weighted by atomic mass is 35.5. The highest BCUT2D eigenvalue weighted by Crippen LogP contribution is 2.31. The van der Waals surface area contributed by atoms with E-state index in [2.05, 4.69) is 24.1 Å². The Morgan fingerprint density at radius 1 is 1.21 bits per heavy atom. The number of amides is 1. The van der Waals surface area contributed by atoms with Crippen molar-refractivity contribution < 1.29 is 28.6 Å². The minimum Gasteiger partial charge on any atom is -0.490 e. The molecule has 2 aromatic carbocycles. The molecule has 3 aromatic rings. The lowest BCUT2D eigenvalue weighted by Crippen LogP contribution is -2.12. The van der Waals surface area contributed by atoms with Crippen LogP contribution in [0.3, 0.4) is 0 Å². The molecular weight excluding hydrogens is 554 g/mol. The number of carbonyl (C=O) groups excluding carboxylic acids is 1. The van der Waals surface area contributed by atoms with Crippen LogP contribution in [0.15, 0.2) is 41.5 Å². The molecule has 0 atom stereocenters. The van der Waals surface area contributed by atoms with Gasteiger partial charge in [0.25, 0.3) is 5.91 Å². The number of aliphatic carboxylic acids is 1. The molecule has 0 bridgehead atoms. The van der Waals surface area contributed by atoms with Crippen molar-refractivity contribution in [1.29, 1.82) is 0 Å². The minimum atomic E-state index is -1.29. The molecule has 0 aliphatic rings. The van der Waals surface area contributed by atoms with Crippen molar-refractivity contribution in [1.82, 2.24) is 4.98 Å². The second-order valence-electron chi connectivity index (χ2n) is 8.34. The molecule has 11 heteroatoms. The van der Waals surface area contributed by atoms with E-state index in [4.69, 9.17) is 37.8 Å². The third-order valence-corrected chi connectivity index (χ3v) is 7.28. The number of aromatic nitrogens is 1. The first kappa shape index (κ1) is 29.6. The molecule has 0 saturated carbocycles. The molecule has 3 rings (SSSR count). The van der Waals surface area contributed by atoms with Gasteiger partial charge < -0.3 is 14.6 Å². The molecular formula is C27H27Cl2FN2O5S. The number of rotatable bonds is 12. The highest BCUT2D eigenvalue weighted by Gasteiger charge is 2.18. The minimum absolute atomic E-state index is 0.0589. The van der Waals surface area contributed by atoms with E-state index in [0.717, 1.165) is 24.2 Å². The van der Waals surface area contributed by atoms with Crippen LogP contribution in [0, 0.1) is 11.7 Å². The van der Waals surface area contributed by atoms with E-state index < -0.39 is 17.7 Å². The average molecular weight is 581 g/mol. The molecule has 1 heterocycles. The van der Waals surface area contributed by atoms with Crippen molar-refractivity contribution in [3.63, 3.8) is 0 Å². The summed E-state index contributed by atoms with van der Waals surface area (Å²) in [7, 11) is 1.21. The van der Waals surface area contributed by atoms with Gasteiger partial charge in [-0.05, 0) is 30.2 Å². The van der Waals surface area contributed by atoms with Gasteiger partial charge in [-0.3, -0.25) is 10.1 Å². The van der Waals surface area contributed by atoms with Crippen molar-refractivity contribution in [3.05, 3.63) is 74.0 Å². The fraction of sp³-hybridized carbons (Fsp3) is 0.296. The van der Waals surface area contributed by atoms with Gasteiger partial charge in [0.2, 0.25) is 5.76 Å². The first-order chi connectivity index (χ1) is 18.2. The first-order valence-electron chi connectivity index (χ1n) is 11.8. The maximum atomic E-state index is 15.2. The Hall–Kier alpha value is -2.98. The third-order valence-electron chi connectivity index (χ3n) is 5.89. The van der Waals surface area contributed by atoms with Crippen LogP contribution in [0.4, 0.5) is 9.52 Å². The zero-order valence-electron chi connectivity index (χ0n) is 21.0. The normalized spacial score (nSPS) is 11.6. The smallest absolute Gasteiger partial charge is 0.371 e. The van der Waals surface area contributed by atoms with E-state index in [9.17, 15) is 9.59 Å². The summed E-state index contributed by atoms with van der Waals surface area (Å²) in [6.45, 7) is 4.94. The highest BCUT2D eigenvalue weighted by molar-refractivity contribution is 7.14. The summed E-state index contributed by atoms with van der Waals surface area (Å²) in [6.07, 6.45) is 3.18. The third kappa shape index (κ3) is 7.32. The maximum absolute atomic E-state index is 15.2. The lowest BCUT2D eigenvalue weighted by atomic mass is 10.1. The number of thiazole rings is 1. The predicted octanol–water partition coefficient (Wildman–Crippen LogP) is 7.53. The summed E-state index contributed by atoms with van der Waals surface area (Å²) in [5.74, 6) is -2.18. The number of carboxylic acids is 1. The Balaban J connectivity index is 1.74. The number of nitrogens with zero attached hydrogens (tertiary/aromatic N) is 1. The molecule has 0 unspecified atom stereocenters. The number of hydrogen-bond donors (Lipinski definition) is 2. The number of benzene rings is 2. The number of halogens is 3. The second kappa shape index (κ2) is 13.7. The molecule has 0 radical (unpaired) electrons. The van der Waals surface area contributed by atoms with Crippen LogP contribution in [0.2, 0.25) is 10.0 Å². The largest absolute Gasteiger partial charge is 0.490 e. The van der Waals surface area contributed by atoms with Crippen LogP contribution in [0.5, 0.6) is 0 Å². The fourth-order valence-corrected chi connectivity index (χ4v) is 4.87. The summed E-state index contributed by atoms with van der Waals surface area (Å²) >= 11 is 13.6. The van der Waals surface area contributed by atoms with E-state index in [1.807, 2.05) is 0 Å². The summed E-state index contributed by atoms with van der Waals surface area (Å²) in [6, 6.07) is 7.74. The Morgan fingerprint density at radius 2 is 1.89 bits per heavy atom. The van der Waals surface area contributed by atoms with E-state index in [-0.39, 0.29) is 38.7 Å². The van der Waals surface area contributed by atoms with Crippen molar-refractivity contribution in [3.8, 4) is 11.3 Å². The molecule has 7 nitrogen and oxygen atoms in total. The zero-order valence-corrected chi connectivity index (χ0v) is 23.3. The monoisotopic (exact) mass is 580 g/mol. The SMILES string of the molecule is CCC(CC)COCc1cccc(-c2csc(NC(=O)c3cc(Cl)c(C=C(OC)C(=O)O)c(Cl)c3)n2)c1F. The number of anilines is 1. The van der Waals surface area contributed by atoms with Crippen LogP contribution in [0.25, 0.3) is 17.3 Å². The van der Waals surface area contributed by atoms with E-state index in [1.165, 1.54) is 25.3 Å². The number of ether oxygens (including phenoxy) is 2. The van der Waals surface area contributed by atoms with Gasteiger partial charge in [0, 0.05) is 34.2 Å². The molecule has 1 amide bonds. The number of methoxy groups -OCH3 is 1. The Morgan fingerprint density at radius 3 is 2.50 bits per heavy atom. The average Bonchev–Trinajstić information content (AvgIpc) is 3.35. The quantitative estimate of drug-likeness (QED) is 0.170. The van der Waals surface area contributed by atoms with Gasteiger partial charge in [0.1, 0.15) is 5.82 Å². The number of hydrogen-bond acceptors (Lipinski definition) is 6. The summed E-state index contributed by atoms with van der Waals surface area (Å²) in [4.78, 5) is 28.4. The van der Waals surface area contributed by atoms with Crippen LogP contribution >= 0.6 is 34.5 Å². The molecule has 0 aliphatic heterocycles. The molecule has 0 spiro atoms. The molecule has 1 aromatic heterocycles.